The molecular formula is C21H31BrN2O4. The molecule has 1 unspecified atom stereocenters. The molecule has 0 radical (unpaired) electrons. The number of aliphatic hydroxyl groups excluding tert-OH is 1. The van der Waals surface area contributed by atoms with Gasteiger partial charge < -0.3 is 20.1 Å². The number of ketones is 1. The number of Topliss-reactive ketones (excluding diaryl/α,β-unsaturated/α-hetero) is 1. The monoisotopic (exact) mass is 454 g/mol. The first-order valence-electron chi connectivity index (χ1n) is 9.84. The number of hydrogen-bond donors (Lipinski definition) is 2. The summed E-state index contributed by atoms with van der Waals surface area (Å²) in [6.07, 6.45) is 2.67. The first-order chi connectivity index (χ1) is 13.2. The van der Waals surface area contributed by atoms with E-state index in [2.05, 4.69) is 21.2 Å². The summed E-state index contributed by atoms with van der Waals surface area (Å²) in [7, 11) is 0. The molecule has 2 rings (SSSR count). The highest BCUT2D eigenvalue weighted by atomic mass is 79.9. The number of nitrogens with one attached hydrogen (secondary N) is 1. The van der Waals surface area contributed by atoms with Gasteiger partial charge in [0.25, 0.3) is 0 Å². The molecule has 1 saturated heterocycles. The van der Waals surface area contributed by atoms with E-state index in [9.17, 15) is 9.59 Å². The van der Waals surface area contributed by atoms with E-state index in [1.807, 2.05) is 39.0 Å². The van der Waals surface area contributed by atoms with Crippen LogP contribution in [0, 0.1) is 0 Å². The summed E-state index contributed by atoms with van der Waals surface area (Å²) >= 11 is 3.46. The second-order valence-electron chi connectivity index (χ2n) is 8.19. The van der Waals surface area contributed by atoms with Crippen molar-refractivity contribution < 1.29 is 19.4 Å². The van der Waals surface area contributed by atoms with E-state index in [1.165, 1.54) is 0 Å². The molecule has 1 aromatic carbocycles. The highest BCUT2D eigenvalue weighted by Crippen LogP contribution is 2.26. The summed E-state index contributed by atoms with van der Waals surface area (Å²) in [6, 6.07) is 5.71. The number of benzene rings is 1. The number of carbonyl (C=O) groups is 2. The van der Waals surface area contributed by atoms with Crippen LogP contribution in [-0.2, 0) is 16.0 Å². The van der Waals surface area contributed by atoms with Crippen molar-refractivity contribution in [3.63, 3.8) is 0 Å². The van der Waals surface area contributed by atoms with Crippen LogP contribution in [0.5, 0.6) is 0 Å². The minimum atomic E-state index is -0.542. The Morgan fingerprint density at radius 2 is 2.11 bits per heavy atom. The van der Waals surface area contributed by atoms with Gasteiger partial charge in [0, 0.05) is 48.7 Å². The molecular weight excluding hydrogens is 424 g/mol. The average molecular weight is 455 g/mol. The smallest absolute Gasteiger partial charge is 0.410 e. The van der Waals surface area contributed by atoms with Crippen LogP contribution in [0.1, 0.15) is 52.0 Å². The van der Waals surface area contributed by atoms with Crippen molar-refractivity contribution in [3.05, 3.63) is 28.2 Å². The summed E-state index contributed by atoms with van der Waals surface area (Å²) in [5.41, 5.74) is 1.28. The minimum absolute atomic E-state index is 0.0969. The molecule has 28 heavy (non-hydrogen) atoms. The Labute approximate surface area is 175 Å². The fourth-order valence-electron chi connectivity index (χ4n) is 3.34. The molecule has 6 nitrogen and oxygen atoms in total. The Bertz CT molecular complexity index is 687. The average Bonchev–Trinajstić information content (AvgIpc) is 3.03. The van der Waals surface area contributed by atoms with Gasteiger partial charge in [-0.3, -0.25) is 4.79 Å². The maximum atomic E-state index is 12.8. The molecule has 156 valence electrons. The molecule has 0 saturated carbocycles. The molecule has 1 atom stereocenters. The van der Waals surface area contributed by atoms with Crippen LogP contribution >= 0.6 is 15.9 Å². The summed E-state index contributed by atoms with van der Waals surface area (Å²) in [4.78, 5) is 26.9. The van der Waals surface area contributed by atoms with Crippen LogP contribution in [0.25, 0.3) is 0 Å². The predicted octanol–water partition coefficient (Wildman–Crippen LogP) is 4.14. The Morgan fingerprint density at radius 1 is 1.36 bits per heavy atom. The standard InChI is InChI=1S/C21H31BrN2O4/c1-21(2,3)28-20(27)24-10-4-6-17(24)14-18(26)13-15-12-16(22)7-8-19(15)23-9-5-11-25/h7-8,12,17,23,25H,4-6,9-11,13-14H2,1-3H3. The topological polar surface area (TPSA) is 78.9 Å². The zero-order chi connectivity index (χ0) is 20.7. The summed E-state index contributed by atoms with van der Waals surface area (Å²) in [5, 5.41) is 12.2. The van der Waals surface area contributed by atoms with Crippen LogP contribution in [-0.4, -0.2) is 53.2 Å². The minimum Gasteiger partial charge on any atom is -0.444 e. The number of amides is 1. The molecule has 7 heteroatoms. The largest absolute Gasteiger partial charge is 0.444 e. The normalized spacial score (nSPS) is 16.9. The predicted molar refractivity (Wildman–Crippen MR) is 114 cm³/mol. The van der Waals surface area contributed by atoms with E-state index in [1.54, 1.807) is 4.90 Å². The van der Waals surface area contributed by atoms with Gasteiger partial charge in [0.2, 0.25) is 0 Å². The van der Waals surface area contributed by atoms with Crippen molar-refractivity contribution >= 4 is 33.5 Å². The molecule has 1 fully saturated rings. The van der Waals surface area contributed by atoms with E-state index >= 15 is 0 Å². The number of rotatable bonds is 8. The zero-order valence-electron chi connectivity index (χ0n) is 17.0. The van der Waals surface area contributed by atoms with E-state index in [0.29, 0.717) is 32.4 Å². The molecule has 2 N–H and O–H groups in total. The van der Waals surface area contributed by atoms with Crippen LogP contribution in [0.15, 0.2) is 22.7 Å². The lowest BCUT2D eigenvalue weighted by atomic mass is 10.0. The summed E-state index contributed by atoms with van der Waals surface area (Å²) in [6.45, 7) is 6.95. The van der Waals surface area contributed by atoms with Crippen molar-refractivity contribution in [3.8, 4) is 0 Å². The quantitative estimate of drug-likeness (QED) is 0.576. The second-order valence-corrected chi connectivity index (χ2v) is 9.11. The Hall–Kier alpha value is -1.60. The molecule has 1 aliphatic rings. The number of halogens is 1. The highest BCUT2D eigenvalue weighted by Gasteiger charge is 2.33. The first kappa shape index (κ1) is 22.7. The lowest BCUT2D eigenvalue weighted by Crippen LogP contribution is -2.40. The van der Waals surface area contributed by atoms with Gasteiger partial charge in [-0.15, -0.1) is 0 Å². The Balaban J connectivity index is 1.99. The zero-order valence-corrected chi connectivity index (χ0v) is 18.5. The third kappa shape index (κ3) is 7.09. The fraction of sp³-hybridized carbons (Fsp3) is 0.619. The van der Waals surface area contributed by atoms with Gasteiger partial charge in [-0.2, -0.15) is 0 Å². The van der Waals surface area contributed by atoms with Crippen LogP contribution < -0.4 is 5.32 Å². The molecule has 1 heterocycles. The fourth-order valence-corrected chi connectivity index (χ4v) is 3.75. The molecule has 0 aromatic heterocycles. The SMILES string of the molecule is CC(C)(C)OC(=O)N1CCCC1CC(=O)Cc1cc(Br)ccc1NCCCO. The first-order valence-corrected chi connectivity index (χ1v) is 10.6. The van der Waals surface area contributed by atoms with Crippen molar-refractivity contribution in [1.82, 2.24) is 4.90 Å². The molecule has 1 aliphatic heterocycles. The lowest BCUT2D eigenvalue weighted by Gasteiger charge is -2.28. The maximum Gasteiger partial charge on any atom is 0.410 e. The highest BCUT2D eigenvalue weighted by molar-refractivity contribution is 9.10. The van der Waals surface area contributed by atoms with Gasteiger partial charge in [0.15, 0.2) is 0 Å². The van der Waals surface area contributed by atoms with Gasteiger partial charge in [-0.1, -0.05) is 15.9 Å². The Kier molecular flexibility index (Phi) is 8.31. The molecule has 1 aromatic rings. The summed E-state index contributed by atoms with van der Waals surface area (Å²) < 4.78 is 6.40. The number of nitrogens with zero attached hydrogens (tertiary/aromatic N) is 1. The molecule has 0 bridgehead atoms. The van der Waals surface area contributed by atoms with Gasteiger partial charge in [-0.05, 0) is 63.8 Å². The van der Waals surface area contributed by atoms with Gasteiger partial charge in [0.05, 0.1) is 0 Å². The van der Waals surface area contributed by atoms with Crippen molar-refractivity contribution in [2.45, 2.75) is 64.5 Å². The third-order valence-corrected chi connectivity index (χ3v) is 5.07. The van der Waals surface area contributed by atoms with E-state index in [4.69, 9.17) is 9.84 Å². The third-order valence-electron chi connectivity index (χ3n) is 4.57. The van der Waals surface area contributed by atoms with Gasteiger partial charge in [0.1, 0.15) is 11.4 Å². The number of hydrogen-bond acceptors (Lipinski definition) is 5. The van der Waals surface area contributed by atoms with E-state index < -0.39 is 5.60 Å². The van der Waals surface area contributed by atoms with Crippen LogP contribution in [0.2, 0.25) is 0 Å². The van der Waals surface area contributed by atoms with Crippen molar-refractivity contribution in [1.29, 1.82) is 0 Å². The summed E-state index contributed by atoms with van der Waals surface area (Å²) in [5.74, 6) is 0.101. The van der Waals surface area contributed by atoms with Crippen LogP contribution in [0.4, 0.5) is 10.5 Å². The number of carbonyl (C=O) groups excluding carboxylic acids is 2. The second kappa shape index (κ2) is 10.3. The van der Waals surface area contributed by atoms with Crippen molar-refractivity contribution in [2.24, 2.45) is 0 Å². The maximum absolute atomic E-state index is 12.8. The van der Waals surface area contributed by atoms with Gasteiger partial charge >= 0.3 is 6.09 Å². The number of aliphatic hydroxyl groups is 1. The van der Waals surface area contributed by atoms with E-state index in [-0.39, 0.29) is 24.5 Å². The van der Waals surface area contributed by atoms with E-state index in [0.717, 1.165) is 28.6 Å². The Morgan fingerprint density at radius 3 is 2.79 bits per heavy atom. The molecule has 1 amide bonds. The van der Waals surface area contributed by atoms with Crippen LogP contribution in [0.3, 0.4) is 0 Å². The number of ether oxygens (including phenoxy) is 1. The lowest BCUT2D eigenvalue weighted by molar-refractivity contribution is -0.119. The molecule has 0 aliphatic carbocycles. The number of anilines is 1. The molecule has 0 spiro atoms. The van der Waals surface area contributed by atoms with Crippen molar-refractivity contribution in [2.75, 3.05) is 25.0 Å². The van der Waals surface area contributed by atoms with Gasteiger partial charge in [-0.25, -0.2) is 4.79 Å². The number of likely N-dealkylation sites (tertiary alicyclic amines) is 1.